The highest BCUT2D eigenvalue weighted by molar-refractivity contribution is 6.06. The Morgan fingerprint density at radius 2 is 1.80 bits per heavy atom. The summed E-state index contributed by atoms with van der Waals surface area (Å²) in [6, 6.07) is 0. The Labute approximate surface area is 148 Å². The molecule has 136 valence electrons. The van der Waals surface area contributed by atoms with Gasteiger partial charge in [-0.3, -0.25) is 24.2 Å². The Morgan fingerprint density at radius 1 is 1.08 bits per heavy atom. The molecule has 6 heteroatoms. The molecule has 6 fully saturated rings. The number of imide groups is 1. The molecule has 6 rings (SSSR count). The molecule has 0 N–H and O–H groups in total. The molecule has 0 aromatic carbocycles. The van der Waals surface area contributed by atoms with E-state index in [0.717, 1.165) is 32.4 Å². The molecular weight excluding hydrogens is 318 g/mol. The van der Waals surface area contributed by atoms with Gasteiger partial charge < -0.3 is 4.90 Å². The van der Waals surface area contributed by atoms with Gasteiger partial charge in [0.1, 0.15) is 5.54 Å². The highest BCUT2D eigenvalue weighted by Gasteiger charge is 2.79. The smallest absolute Gasteiger partial charge is 0.243 e. The average Bonchev–Trinajstić information content (AvgIpc) is 3.13. The number of piperidine rings is 2. The Morgan fingerprint density at radius 3 is 2.44 bits per heavy atom. The molecule has 5 saturated heterocycles. The van der Waals surface area contributed by atoms with E-state index in [2.05, 4.69) is 18.7 Å². The first-order valence-corrected chi connectivity index (χ1v) is 9.47. The Balaban J connectivity index is 1.69. The molecule has 3 amide bonds. The maximum absolute atomic E-state index is 13.3. The first kappa shape index (κ1) is 15.8. The molecule has 6 nitrogen and oxygen atoms in total. The van der Waals surface area contributed by atoms with Crippen LogP contribution in [0.5, 0.6) is 0 Å². The molecule has 1 aliphatic carbocycles. The van der Waals surface area contributed by atoms with Gasteiger partial charge in [0.25, 0.3) is 0 Å². The second-order valence-electron chi connectivity index (χ2n) is 9.70. The van der Waals surface area contributed by atoms with E-state index in [9.17, 15) is 14.4 Å². The van der Waals surface area contributed by atoms with E-state index in [-0.39, 0.29) is 40.1 Å². The van der Waals surface area contributed by atoms with Gasteiger partial charge in [-0.05, 0) is 43.6 Å². The van der Waals surface area contributed by atoms with Gasteiger partial charge >= 0.3 is 0 Å². The number of carbonyl (C=O) groups excluding carboxylic acids is 3. The van der Waals surface area contributed by atoms with Gasteiger partial charge in [-0.2, -0.15) is 0 Å². The zero-order chi connectivity index (χ0) is 18.0. The number of fused-ring (bicyclic) bond motifs is 1. The minimum absolute atomic E-state index is 0.0340. The number of likely N-dealkylation sites (tertiary alicyclic amines) is 1. The van der Waals surface area contributed by atoms with Crippen LogP contribution in [0.25, 0.3) is 0 Å². The molecule has 25 heavy (non-hydrogen) atoms. The summed E-state index contributed by atoms with van der Waals surface area (Å²) in [5.74, 6) is 0.398. The number of rotatable bonds is 0. The van der Waals surface area contributed by atoms with Crippen LogP contribution in [0.3, 0.4) is 0 Å². The molecule has 0 aromatic heterocycles. The summed E-state index contributed by atoms with van der Waals surface area (Å²) in [5.41, 5.74) is -1.63. The summed E-state index contributed by atoms with van der Waals surface area (Å²) in [6.45, 7) is 6.18. The lowest BCUT2D eigenvalue weighted by molar-refractivity contribution is -0.184. The Bertz CT molecular complexity index is 733. The lowest BCUT2D eigenvalue weighted by Crippen LogP contribution is -2.78. The predicted octanol–water partition coefficient (Wildman–Crippen LogP) is 0.857. The Hall–Kier alpha value is -1.43. The molecule has 5 heterocycles. The van der Waals surface area contributed by atoms with Crippen LogP contribution in [0, 0.1) is 16.7 Å². The quantitative estimate of drug-likeness (QED) is 0.611. The summed E-state index contributed by atoms with van der Waals surface area (Å²) in [7, 11) is 3.55. The molecule has 4 atom stereocenters. The van der Waals surface area contributed by atoms with E-state index in [4.69, 9.17) is 0 Å². The van der Waals surface area contributed by atoms with Crippen LogP contribution in [-0.4, -0.2) is 70.7 Å². The number of carbonyl (C=O) groups is 3. The summed E-state index contributed by atoms with van der Waals surface area (Å²) in [5, 5.41) is 0. The van der Waals surface area contributed by atoms with Crippen molar-refractivity contribution in [3.8, 4) is 0 Å². The van der Waals surface area contributed by atoms with Crippen molar-refractivity contribution in [3.63, 3.8) is 0 Å². The lowest BCUT2D eigenvalue weighted by atomic mass is 9.58. The van der Waals surface area contributed by atoms with Gasteiger partial charge in [-0.25, -0.2) is 0 Å². The molecule has 2 bridgehead atoms. The van der Waals surface area contributed by atoms with E-state index in [1.54, 1.807) is 7.05 Å². The molecule has 6 aliphatic rings. The second kappa shape index (κ2) is 4.11. The first-order chi connectivity index (χ1) is 11.6. The zero-order valence-corrected chi connectivity index (χ0v) is 15.6. The fourth-order valence-corrected chi connectivity index (χ4v) is 7.38. The summed E-state index contributed by atoms with van der Waals surface area (Å²) in [4.78, 5) is 44.6. The number of nitrogens with zero attached hydrogens (tertiary/aromatic N) is 3. The molecule has 3 spiro atoms. The predicted molar refractivity (Wildman–Crippen MR) is 90.4 cm³/mol. The van der Waals surface area contributed by atoms with E-state index in [1.807, 2.05) is 11.9 Å². The van der Waals surface area contributed by atoms with E-state index >= 15 is 0 Å². The van der Waals surface area contributed by atoms with Gasteiger partial charge in [0.05, 0.1) is 11.0 Å². The maximum Gasteiger partial charge on any atom is 0.243 e. The van der Waals surface area contributed by atoms with Crippen molar-refractivity contribution in [3.05, 3.63) is 0 Å². The van der Waals surface area contributed by atoms with E-state index in [1.165, 1.54) is 4.90 Å². The normalized spacial score (nSPS) is 48.0. The molecule has 0 aromatic rings. The van der Waals surface area contributed by atoms with Gasteiger partial charge in [-0.1, -0.05) is 13.8 Å². The number of hydrogen-bond acceptors (Lipinski definition) is 4. The van der Waals surface area contributed by atoms with Gasteiger partial charge in [0.2, 0.25) is 17.7 Å². The topological polar surface area (TPSA) is 60.9 Å². The molecular formula is C19H27N3O3. The average molecular weight is 345 g/mol. The number of likely N-dealkylation sites (N-methyl/N-ethyl adjacent to an activating group) is 1. The van der Waals surface area contributed by atoms with Crippen molar-refractivity contribution in [1.82, 2.24) is 14.7 Å². The van der Waals surface area contributed by atoms with Crippen molar-refractivity contribution in [2.24, 2.45) is 16.7 Å². The fraction of sp³-hybridized carbons (Fsp3) is 0.842. The highest BCUT2D eigenvalue weighted by atomic mass is 16.2. The second-order valence-corrected chi connectivity index (χ2v) is 9.70. The van der Waals surface area contributed by atoms with Crippen molar-refractivity contribution in [2.75, 3.05) is 27.2 Å². The molecule has 5 aliphatic heterocycles. The van der Waals surface area contributed by atoms with E-state index < -0.39 is 5.41 Å². The first-order valence-electron chi connectivity index (χ1n) is 9.47. The van der Waals surface area contributed by atoms with Crippen molar-refractivity contribution in [1.29, 1.82) is 0 Å². The van der Waals surface area contributed by atoms with Crippen LogP contribution in [0.1, 0.15) is 46.0 Å². The minimum Gasteiger partial charge on any atom is -0.337 e. The molecule has 0 radical (unpaired) electrons. The third-order valence-corrected chi connectivity index (χ3v) is 8.90. The van der Waals surface area contributed by atoms with Crippen molar-refractivity contribution >= 4 is 17.7 Å². The standard InChI is InChI=1S/C19H27N3O3/c1-16(2)12-8-18-6-5-7-22(18)11-19(12,21(4)15(18)25)10-17(16)9-13(23)20(3)14(17)24/h12H,5-11H2,1-4H3. The van der Waals surface area contributed by atoms with Crippen LogP contribution in [0.4, 0.5) is 0 Å². The summed E-state index contributed by atoms with van der Waals surface area (Å²) < 4.78 is 0. The maximum atomic E-state index is 13.3. The van der Waals surface area contributed by atoms with Crippen LogP contribution in [-0.2, 0) is 14.4 Å². The van der Waals surface area contributed by atoms with Crippen LogP contribution < -0.4 is 0 Å². The van der Waals surface area contributed by atoms with Gasteiger partial charge in [0, 0.05) is 27.1 Å². The number of hydrogen-bond donors (Lipinski definition) is 0. The molecule has 4 unspecified atom stereocenters. The van der Waals surface area contributed by atoms with Gasteiger partial charge in [0.15, 0.2) is 0 Å². The Kier molecular flexibility index (Phi) is 2.59. The van der Waals surface area contributed by atoms with Crippen LogP contribution in [0.15, 0.2) is 0 Å². The lowest BCUT2D eigenvalue weighted by Gasteiger charge is -2.64. The monoisotopic (exact) mass is 345 g/mol. The third kappa shape index (κ3) is 1.37. The zero-order valence-electron chi connectivity index (χ0n) is 15.6. The largest absolute Gasteiger partial charge is 0.337 e. The third-order valence-electron chi connectivity index (χ3n) is 8.90. The highest BCUT2D eigenvalue weighted by Crippen LogP contribution is 2.71. The van der Waals surface area contributed by atoms with Crippen LogP contribution in [0.2, 0.25) is 0 Å². The molecule has 1 saturated carbocycles. The summed E-state index contributed by atoms with van der Waals surface area (Å²) in [6.07, 6.45) is 3.77. The van der Waals surface area contributed by atoms with E-state index in [0.29, 0.717) is 12.8 Å². The van der Waals surface area contributed by atoms with Gasteiger partial charge in [-0.15, -0.1) is 0 Å². The van der Waals surface area contributed by atoms with Crippen molar-refractivity contribution < 1.29 is 14.4 Å². The minimum atomic E-state index is -0.663. The summed E-state index contributed by atoms with van der Waals surface area (Å²) >= 11 is 0. The number of piperazine rings is 1. The van der Waals surface area contributed by atoms with Crippen LogP contribution >= 0.6 is 0 Å². The SMILES string of the molecule is CN1C(=O)CC2(CC34CN5CCCC5(CC3C2(C)C)C(=O)N4C)C1=O. The van der Waals surface area contributed by atoms with Crippen molar-refractivity contribution in [2.45, 2.75) is 57.0 Å². The number of amides is 3. The fourth-order valence-electron chi connectivity index (χ4n) is 7.38.